The average molecular weight is 357 g/mol. The lowest BCUT2D eigenvalue weighted by Gasteiger charge is -2.30. The van der Waals surface area contributed by atoms with Gasteiger partial charge >= 0.3 is 0 Å². The van der Waals surface area contributed by atoms with Crippen molar-refractivity contribution >= 4 is 17.5 Å². The van der Waals surface area contributed by atoms with Crippen LogP contribution >= 0.6 is 0 Å². The Morgan fingerprint density at radius 2 is 1.81 bits per heavy atom. The van der Waals surface area contributed by atoms with Gasteiger partial charge in [0.1, 0.15) is 0 Å². The van der Waals surface area contributed by atoms with Crippen molar-refractivity contribution in [1.82, 2.24) is 10.6 Å². The third-order valence-corrected chi connectivity index (χ3v) is 6.12. The minimum atomic E-state index is -0.471. The molecule has 0 unspecified atom stereocenters. The molecule has 2 fully saturated rings. The molecular weight excluding hydrogens is 326 g/mol. The summed E-state index contributed by atoms with van der Waals surface area (Å²) in [7, 11) is 0. The lowest BCUT2D eigenvalue weighted by molar-refractivity contribution is -0.128. The van der Waals surface area contributed by atoms with E-state index >= 15 is 0 Å². The molecule has 3 N–H and O–H groups in total. The molecule has 0 atom stereocenters. The third-order valence-electron chi connectivity index (χ3n) is 6.12. The predicted octanol–water partition coefficient (Wildman–Crippen LogP) is 2.92. The van der Waals surface area contributed by atoms with E-state index in [-0.39, 0.29) is 17.7 Å². The standard InChI is InChI=1S/C21H31N3O2/c1-15-5-6-18(13-16(15)2)24-20(26)21(9-3-4-10-21)14-23-19(25)17-7-11-22-12-8-17/h5-6,13,17,22H,3-4,7-12,14H2,1-2H3,(H,23,25)(H,24,26). The number of aryl methyl sites for hydroxylation is 2. The molecule has 1 aromatic carbocycles. The van der Waals surface area contributed by atoms with E-state index in [1.54, 1.807) is 0 Å². The lowest BCUT2D eigenvalue weighted by atomic mass is 9.84. The Morgan fingerprint density at radius 1 is 1.12 bits per heavy atom. The van der Waals surface area contributed by atoms with Crippen LogP contribution in [0.2, 0.25) is 0 Å². The number of carbonyl (C=O) groups is 2. The first-order chi connectivity index (χ1) is 12.5. The fourth-order valence-corrected chi connectivity index (χ4v) is 4.10. The Kier molecular flexibility index (Phi) is 5.97. The summed E-state index contributed by atoms with van der Waals surface area (Å²) in [6.45, 7) is 6.37. The minimum absolute atomic E-state index is 0.0452. The zero-order valence-electron chi connectivity index (χ0n) is 16.0. The monoisotopic (exact) mass is 357 g/mol. The zero-order chi connectivity index (χ0) is 18.6. The molecule has 0 bridgehead atoms. The molecule has 1 aliphatic carbocycles. The van der Waals surface area contributed by atoms with Gasteiger partial charge in [-0.05, 0) is 75.9 Å². The molecule has 1 aliphatic heterocycles. The van der Waals surface area contributed by atoms with Gasteiger partial charge in [0, 0.05) is 18.2 Å². The summed E-state index contributed by atoms with van der Waals surface area (Å²) in [4.78, 5) is 25.5. The summed E-state index contributed by atoms with van der Waals surface area (Å²) in [6, 6.07) is 6.01. The molecule has 0 radical (unpaired) electrons. The van der Waals surface area contributed by atoms with E-state index in [2.05, 4.69) is 29.8 Å². The largest absolute Gasteiger partial charge is 0.355 e. The highest BCUT2D eigenvalue weighted by Crippen LogP contribution is 2.39. The first-order valence-corrected chi connectivity index (χ1v) is 9.87. The molecule has 0 spiro atoms. The van der Waals surface area contributed by atoms with Crippen LogP contribution in [0.25, 0.3) is 0 Å². The number of carbonyl (C=O) groups excluding carboxylic acids is 2. The van der Waals surface area contributed by atoms with Gasteiger partial charge in [0.15, 0.2) is 0 Å². The first-order valence-electron chi connectivity index (χ1n) is 9.87. The van der Waals surface area contributed by atoms with Crippen LogP contribution in [0.4, 0.5) is 5.69 Å². The van der Waals surface area contributed by atoms with Gasteiger partial charge in [-0.15, -0.1) is 0 Å². The van der Waals surface area contributed by atoms with Crippen LogP contribution in [0.5, 0.6) is 0 Å². The minimum Gasteiger partial charge on any atom is -0.355 e. The van der Waals surface area contributed by atoms with Gasteiger partial charge in [0.05, 0.1) is 5.41 Å². The summed E-state index contributed by atoms with van der Waals surface area (Å²) in [5.41, 5.74) is 2.76. The van der Waals surface area contributed by atoms with Gasteiger partial charge in [0.25, 0.3) is 0 Å². The van der Waals surface area contributed by atoms with Gasteiger partial charge in [-0.1, -0.05) is 18.9 Å². The van der Waals surface area contributed by atoms with Crippen molar-refractivity contribution in [3.05, 3.63) is 29.3 Å². The second kappa shape index (κ2) is 8.21. The van der Waals surface area contributed by atoms with Crippen molar-refractivity contribution in [2.45, 2.75) is 52.4 Å². The van der Waals surface area contributed by atoms with Crippen LogP contribution in [0, 0.1) is 25.2 Å². The van der Waals surface area contributed by atoms with Gasteiger partial charge < -0.3 is 16.0 Å². The molecule has 26 heavy (non-hydrogen) atoms. The maximum absolute atomic E-state index is 13.0. The lowest BCUT2D eigenvalue weighted by Crippen LogP contribution is -2.46. The maximum Gasteiger partial charge on any atom is 0.232 e. The topological polar surface area (TPSA) is 70.2 Å². The van der Waals surface area contributed by atoms with Crippen LogP contribution in [-0.2, 0) is 9.59 Å². The molecule has 5 nitrogen and oxygen atoms in total. The van der Waals surface area contributed by atoms with Crippen LogP contribution in [0.3, 0.4) is 0 Å². The molecule has 1 saturated carbocycles. The summed E-state index contributed by atoms with van der Waals surface area (Å²) in [5, 5.41) is 9.47. The number of nitrogens with one attached hydrogen (secondary N) is 3. The van der Waals surface area contributed by atoms with Crippen LogP contribution in [0.1, 0.15) is 49.7 Å². The number of hydrogen-bond donors (Lipinski definition) is 3. The highest BCUT2D eigenvalue weighted by molar-refractivity contribution is 5.96. The third kappa shape index (κ3) is 4.26. The maximum atomic E-state index is 13.0. The van der Waals surface area contributed by atoms with Crippen molar-refractivity contribution in [2.75, 3.05) is 25.0 Å². The molecule has 142 valence electrons. The van der Waals surface area contributed by atoms with Crippen molar-refractivity contribution in [2.24, 2.45) is 11.3 Å². The van der Waals surface area contributed by atoms with Crippen molar-refractivity contribution in [3.63, 3.8) is 0 Å². The number of hydrogen-bond acceptors (Lipinski definition) is 3. The first kappa shape index (κ1) is 18.9. The molecule has 5 heteroatoms. The van der Waals surface area contributed by atoms with Crippen molar-refractivity contribution in [3.8, 4) is 0 Å². The van der Waals surface area contributed by atoms with Gasteiger partial charge in [0.2, 0.25) is 11.8 Å². The fraction of sp³-hybridized carbons (Fsp3) is 0.619. The normalized spacial score (nSPS) is 19.9. The molecule has 3 rings (SSSR count). The smallest absolute Gasteiger partial charge is 0.232 e. The van der Waals surface area contributed by atoms with Crippen LogP contribution in [0.15, 0.2) is 18.2 Å². The average Bonchev–Trinajstić information content (AvgIpc) is 3.14. The van der Waals surface area contributed by atoms with Crippen LogP contribution in [-0.4, -0.2) is 31.4 Å². The molecule has 1 heterocycles. The SMILES string of the molecule is Cc1ccc(NC(=O)C2(CNC(=O)C3CCNCC3)CCCC2)cc1C. The Balaban J connectivity index is 1.63. The van der Waals surface area contributed by atoms with E-state index in [1.165, 1.54) is 11.1 Å². The number of rotatable bonds is 5. The van der Waals surface area contributed by atoms with Crippen molar-refractivity contribution in [1.29, 1.82) is 0 Å². The Bertz CT molecular complexity index is 659. The fourth-order valence-electron chi connectivity index (χ4n) is 4.10. The van der Waals surface area contributed by atoms with Crippen molar-refractivity contribution < 1.29 is 9.59 Å². The Hall–Kier alpha value is -1.88. The zero-order valence-corrected chi connectivity index (χ0v) is 16.0. The van der Waals surface area contributed by atoms with Gasteiger partial charge in [-0.25, -0.2) is 0 Å². The van der Waals surface area contributed by atoms with Crippen LogP contribution < -0.4 is 16.0 Å². The Morgan fingerprint density at radius 3 is 2.46 bits per heavy atom. The summed E-state index contributed by atoms with van der Waals surface area (Å²) >= 11 is 0. The van der Waals surface area contributed by atoms with E-state index < -0.39 is 5.41 Å². The molecule has 2 aliphatic rings. The van der Waals surface area contributed by atoms with Gasteiger partial charge in [-0.2, -0.15) is 0 Å². The van der Waals surface area contributed by atoms with E-state index in [0.29, 0.717) is 6.54 Å². The number of amides is 2. The van der Waals surface area contributed by atoms with E-state index in [4.69, 9.17) is 0 Å². The van der Waals surface area contributed by atoms with Gasteiger partial charge in [-0.3, -0.25) is 9.59 Å². The highest BCUT2D eigenvalue weighted by Gasteiger charge is 2.41. The molecule has 0 aromatic heterocycles. The molecule has 1 saturated heterocycles. The van der Waals surface area contributed by atoms with E-state index in [9.17, 15) is 9.59 Å². The van der Waals surface area contributed by atoms with E-state index in [1.807, 2.05) is 18.2 Å². The summed E-state index contributed by atoms with van der Waals surface area (Å²) in [6.07, 6.45) is 5.54. The number of piperidine rings is 1. The number of anilines is 1. The molecule has 2 amide bonds. The Labute approximate surface area is 156 Å². The molecular formula is C21H31N3O2. The second-order valence-corrected chi connectivity index (χ2v) is 7.98. The molecule has 1 aromatic rings. The predicted molar refractivity (Wildman–Crippen MR) is 104 cm³/mol. The summed E-state index contributed by atoms with van der Waals surface area (Å²) < 4.78 is 0. The van der Waals surface area contributed by atoms with E-state index in [0.717, 1.165) is 57.3 Å². The summed E-state index contributed by atoms with van der Waals surface area (Å²) in [5.74, 6) is 0.234. The number of benzene rings is 1. The quantitative estimate of drug-likeness (QED) is 0.759. The highest BCUT2D eigenvalue weighted by atomic mass is 16.2. The second-order valence-electron chi connectivity index (χ2n) is 7.98.